The fraction of sp³-hybridized carbons (Fsp3) is 0.222. The average molecular weight is 516 g/mol. The number of aromatic amines is 1. The number of Topliss-reactive ketones (excluding diaryl/α,β-unsaturated/α-hetero) is 1. The first-order chi connectivity index (χ1) is 18.4. The smallest absolute Gasteiger partial charge is 0.295 e. The van der Waals surface area contributed by atoms with E-state index in [1.54, 1.807) is 35.2 Å². The van der Waals surface area contributed by atoms with Gasteiger partial charge >= 0.3 is 0 Å². The van der Waals surface area contributed by atoms with E-state index < -0.39 is 11.7 Å². The van der Waals surface area contributed by atoms with Crippen LogP contribution in [0, 0.1) is 0 Å². The Balaban J connectivity index is 1.37. The zero-order chi connectivity index (χ0) is 26.8. The van der Waals surface area contributed by atoms with Crippen molar-refractivity contribution in [1.29, 1.82) is 0 Å². The molecule has 0 atom stereocenters. The molecular formula is C27H25N5O6. The maximum Gasteiger partial charge on any atom is 0.295 e. The Morgan fingerprint density at radius 3 is 2.39 bits per heavy atom. The van der Waals surface area contributed by atoms with Crippen LogP contribution in [0.4, 0.5) is 0 Å². The van der Waals surface area contributed by atoms with Crippen molar-refractivity contribution in [3.63, 3.8) is 0 Å². The number of H-pyrrole nitrogens is 1. The molecule has 2 N–H and O–H groups in total. The van der Waals surface area contributed by atoms with Crippen LogP contribution in [0.2, 0.25) is 0 Å². The van der Waals surface area contributed by atoms with Crippen LogP contribution >= 0.6 is 0 Å². The summed E-state index contributed by atoms with van der Waals surface area (Å²) in [6.45, 7) is 1.13. The van der Waals surface area contributed by atoms with Crippen LogP contribution in [0.5, 0.6) is 5.75 Å². The van der Waals surface area contributed by atoms with Gasteiger partial charge in [0.25, 0.3) is 23.5 Å². The Hall–Kier alpha value is -4.93. The van der Waals surface area contributed by atoms with Crippen LogP contribution in [0.25, 0.3) is 22.4 Å². The SMILES string of the molecule is CNC(=O)c1ccc(-c2ncc(OC)c3c(C(=O)C(=O)N4CCN(C(=O)c5ccccc5)CC4)c[nH]c23)o1. The molecule has 1 fully saturated rings. The van der Waals surface area contributed by atoms with E-state index in [9.17, 15) is 19.2 Å². The van der Waals surface area contributed by atoms with Crippen molar-refractivity contribution in [3.05, 3.63) is 71.7 Å². The number of ether oxygens (including phenoxy) is 1. The number of carbonyl (C=O) groups excluding carboxylic acids is 4. The average Bonchev–Trinajstić information content (AvgIpc) is 3.64. The molecule has 1 saturated heterocycles. The van der Waals surface area contributed by atoms with Gasteiger partial charge in [0.2, 0.25) is 0 Å². The molecule has 1 aliphatic rings. The molecule has 11 nitrogen and oxygen atoms in total. The van der Waals surface area contributed by atoms with E-state index in [0.717, 1.165) is 0 Å². The molecule has 38 heavy (non-hydrogen) atoms. The molecule has 4 heterocycles. The summed E-state index contributed by atoms with van der Waals surface area (Å²) in [6, 6.07) is 12.1. The molecule has 0 saturated carbocycles. The van der Waals surface area contributed by atoms with Gasteiger partial charge in [-0.25, -0.2) is 4.98 Å². The van der Waals surface area contributed by atoms with Gasteiger partial charge in [-0.1, -0.05) is 18.2 Å². The van der Waals surface area contributed by atoms with Crippen LogP contribution in [-0.2, 0) is 4.79 Å². The van der Waals surface area contributed by atoms with E-state index in [0.29, 0.717) is 46.8 Å². The van der Waals surface area contributed by atoms with Gasteiger partial charge in [-0.15, -0.1) is 0 Å². The minimum Gasteiger partial charge on any atom is -0.494 e. The molecule has 0 bridgehead atoms. The molecule has 5 rings (SSSR count). The Kier molecular flexibility index (Phi) is 6.65. The van der Waals surface area contributed by atoms with Crippen LogP contribution in [-0.4, -0.2) is 83.6 Å². The summed E-state index contributed by atoms with van der Waals surface area (Å²) in [5.41, 5.74) is 1.50. The normalized spacial score (nSPS) is 13.4. The lowest BCUT2D eigenvalue weighted by molar-refractivity contribution is -0.127. The fourth-order valence-electron chi connectivity index (χ4n) is 4.48. The van der Waals surface area contributed by atoms with Crippen LogP contribution < -0.4 is 10.1 Å². The standard InChI is InChI=1S/C27H25N5O6/c1-28-25(34)19-9-8-18(38-19)22-23-21(20(37-2)15-30-22)17(14-29-23)24(33)27(36)32-12-10-31(11-13-32)26(35)16-6-4-3-5-7-16/h3-9,14-15,29H,10-13H2,1-2H3,(H,28,34). The van der Waals surface area contributed by atoms with E-state index >= 15 is 0 Å². The van der Waals surface area contributed by atoms with E-state index in [1.807, 2.05) is 6.07 Å². The van der Waals surface area contributed by atoms with Gasteiger partial charge in [0.05, 0.1) is 29.8 Å². The third-order valence-electron chi connectivity index (χ3n) is 6.50. The second-order valence-corrected chi connectivity index (χ2v) is 8.65. The summed E-state index contributed by atoms with van der Waals surface area (Å²) in [5, 5.41) is 2.87. The lowest BCUT2D eigenvalue weighted by atomic mass is 10.1. The Morgan fingerprint density at radius 1 is 1.00 bits per heavy atom. The zero-order valence-electron chi connectivity index (χ0n) is 20.8. The van der Waals surface area contributed by atoms with Crippen LogP contribution in [0.3, 0.4) is 0 Å². The summed E-state index contributed by atoms with van der Waals surface area (Å²) < 4.78 is 11.1. The molecule has 1 aliphatic heterocycles. The number of furan rings is 1. The molecule has 0 aliphatic carbocycles. The Bertz CT molecular complexity index is 1530. The number of carbonyl (C=O) groups is 4. The summed E-state index contributed by atoms with van der Waals surface area (Å²) in [6.07, 6.45) is 2.87. The number of benzene rings is 1. The Labute approximate surface area is 217 Å². The van der Waals surface area contributed by atoms with Crippen LogP contribution in [0.15, 0.2) is 59.3 Å². The number of rotatable bonds is 6. The highest BCUT2D eigenvalue weighted by molar-refractivity contribution is 6.45. The maximum absolute atomic E-state index is 13.4. The third-order valence-corrected chi connectivity index (χ3v) is 6.50. The van der Waals surface area contributed by atoms with Crippen molar-refractivity contribution >= 4 is 34.4 Å². The summed E-state index contributed by atoms with van der Waals surface area (Å²) in [4.78, 5) is 61.7. The van der Waals surface area contributed by atoms with E-state index in [-0.39, 0.29) is 36.2 Å². The molecule has 4 aromatic rings. The number of pyridine rings is 1. The number of aromatic nitrogens is 2. The largest absolute Gasteiger partial charge is 0.494 e. The first-order valence-corrected chi connectivity index (χ1v) is 12.0. The number of methoxy groups -OCH3 is 1. The first-order valence-electron chi connectivity index (χ1n) is 12.0. The fourth-order valence-corrected chi connectivity index (χ4v) is 4.48. The molecule has 3 aromatic heterocycles. The minimum atomic E-state index is -0.708. The highest BCUT2D eigenvalue weighted by Crippen LogP contribution is 2.35. The van der Waals surface area contributed by atoms with Crippen molar-refractivity contribution in [3.8, 4) is 17.2 Å². The van der Waals surface area contributed by atoms with Crippen molar-refractivity contribution in [1.82, 2.24) is 25.1 Å². The number of hydrogen-bond acceptors (Lipinski definition) is 7. The second-order valence-electron chi connectivity index (χ2n) is 8.65. The summed E-state index contributed by atoms with van der Waals surface area (Å²) in [5.74, 6) is -1.16. The first kappa shape index (κ1) is 24.8. The maximum atomic E-state index is 13.4. The molecule has 0 unspecified atom stereocenters. The Morgan fingerprint density at radius 2 is 1.71 bits per heavy atom. The lowest BCUT2D eigenvalue weighted by Crippen LogP contribution is -2.52. The van der Waals surface area contributed by atoms with Crippen LogP contribution in [0.1, 0.15) is 31.3 Å². The van der Waals surface area contributed by atoms with E-state index in [4.69, 9.17) is 9.15 Å². The van der Waals surface area contributed by atoms with E-state index in [2.05, 4.69) is 15.3 Å². The van der Waals surface area contributed by atoms with E-state index in [1.165, 1.54) is 37.5 Å². The lowest BCUT2D eigenvalue weighted by Gasteiger charge is -2.34. The molecule has 0 radical (unpaired) electrons. The van der Waals surface area contributed by atoms with Crippen molar-refractivity contribution in [2.45, 2.75) is 0 Å². The quantitative estimate of drug-likeness (QED) is 0.297. The molecule has 11 heteroatoms. The van der Waals surface area contributed by atoms with Gasteiger partial charge in [0.1, 0.15) is 11.4 Å². The van der Waals surface area contributed by atoms with Gasteiger partial charge in [-0.3, -0.25) is 19.2 Å². The van der Waals surface area contributed by atoms with Gasteiger partial charge in [0.15, 0.2) is 11.5 Å². The third kappa shape index (κ3) is 4.38. The second kappa shape index (κ2) is 10.2. The number of hydrogen-bond donors (Lipinski definition) is 2. The number of nitrogens with zero attached hydrogens (tertiary/aromatic N) is 3. The molecular weight excluding hydrogens is 490 g/mol. The number of ketones is 1. The zero-order valence-corrected chi connectivity index (χ0v) is 20.8. The molecule has 194 valence electrons. The monoisotopic (exact) mass is 515 g/mol. The van der Waals surface area contributed by atoms with Crippen molar-refractivity contribution in [2.24, 2.45) is 0 Å². The van der Waals surface area contributed by atoms with Gasteiger partial charge < -0.3 is 29.3 Å². The number of amides is 3. The van der Waals surface area contributed by atoms with Gasteiger partial charge in [-0.05, 0) is 24.3 Å². The van der Waals surface area contributed by atoms with Gasteiger partial charge in [-0.2, -0.15) is 0 Å². The number of nitrogens with one attached hydrogen (secondary N) is 2. The number of fused-ring (bicyclic) bond motifs is 1. The topological polar surface area (TPSA) is 138 Å². The summed E-state index contributed by atoms with van der Waals surface area (Å²) >= 11 is 0. The number of piperazine rings is 1. The predicted octanol–water partition coefficient (Wildman–Crippen LogP) is 2.36. The highest BCUT2D eigenvalue weighted by Gasteiger charge is 2.31. The predicted molar refractivity (Wildman–Crippen MR) is 137 cm³/mol. The minimum absolute atomic E-state index is 0.108. The van der Waals surface area contributed by atoms with Crippen molar-refractivity contribution in [2.75, 3.05) is 40.3 Å². The highest BCUT2D eigenvalue weighted by atomic mass is 16.5. The van der Waals surface area contributed by atoms with Gasteiger partial charge in [0, 0.05) is 45.0 Å². The molecule has 0 spiro atoms. The molecule has 1 aromatic carbocycles. The molecule has 3 amide bonds. The summed E-state index contributed by atoms with van der Waals surface area (Å²) in [7, 11) is 2.94. The van der Waals surface area contributed by atoms with Crippen molar-refractivity contribution < 1.29 is 28.3 Å².